The summed E-state index contributed by atoms with van der Waals surface area (Å²) in [5.41, 5.74) is 0. The first kappa shape index (κ1) is 9.10. The van der Waals surface area contributed by atoms with Gasteiger partial charge in [0.05, 0.1) is 0 Å². The van der Waals surface area contributed by atoms with Gasteiger partial charge in [-0.3, -0.25) is 10.4 Å². The fraction of sp³-hybridized carbons (Fsp3) is 0.500. The molecule has 0 aromatic carbocycles. The largest absolute Gasteiger partial charge is 0.314 e. The van der Waals surface area contributed by atoms with Crippen LogP contribution in [0.25, 0.3) is 0 Å². The average molecular weight is 257 g/mol. The minimum Gasteiger partial charge on any atom is -0.314 e. The van der Waals surface area contributed by atoms with Crippen molar-refractivity contribution in [2.24, 2.45) is 4.99 Å². The third-order valence-corrected chi connectivity index (χ3v) is 1.16. The summed E-state index contributed by atoms with van der Waals surface area (Å²) in [4.78, 5) is 3.92. The zero-order chi connectivity index (χ0) is 7.28. The monoisotopic (exact) mass is 255 g/mol. The van der Waals surface area contributed by atoms with Crippen LogP contribution in [0.2, 0.25) is 0 Å². The van der Waals surface area contributed by atoms with Gasteiger partial charge in [0.1, 0.15) is 0 Å². The van der Waals surface area contributed by atoms with E-state index in [1.807, 2.05) is 6.92 Å². The van der Waals surface area contributed by atoms with E-state index in [-0.39, 0.29) is 4.74 Å². The van der Waals surface area contributed by atoms with E-state index < -0.39 is 0 Å². The lowest BCUT2D eigenvalue weighted by Gasteiger charge is -1.96. The summed E-state index contributed by atoms with van der Waals surface area (Å²) in [5.74, 6) is 0. The number of hydrogen-bond donors (Lipinski definition) is 2. The van der Waals surface area contributed by atoms with Crippen molar-refractivity contribution in [1.82, 2.24) is 5.32 Å². The highest BCUT2D eigenvalue weighted by Gasteiger charge is 1.90. The van der Waals surface area contributed by atoms with E-state index in [1.54, 1.807) is 0 Å². The van der Waals surface area contributed by atoms with Crippen molar-refractivity contribution in [3.63, 3.8) is 0 Å². The molecule has 0 saturated heterocycles. The van der Waals surface area contributed by atoms with Crippen molar-refractivity contribution < 1.29 is 0 Å². The summed E-state index contributed by atoms with van der Waals surface area (Å²) in [6, 6.07) is 0. The molecule has 5 heteroatoms. The molecule has 52 valence electrons. The molecule has 0 aliphatic carbocycles. The lowest BCUT2D eigenvalue weighted by molar-refractivity contribution is 1.12. The van der Waals surface area contributed by atoms with Crippen LogP contribution in [0.4, 0.5) is 0 Å². The Hall–Kier alpha value is 0.1000. The van der Waals surface area contributed by atoms with Crippen LogP contribution in [0.1, 0.15) is 6.92 Å². The van der Waals surface area contributed by atoms with E-state index in [0.29, 0.717) is 11.3 Å². The summed E-state index contributed by atoms with van der Waals surface area (Å²) in [7, 11) is 0. The van der Waals surface area contributed by atoms with Gasteiger partial charge in [0.15, 0.2) is 9.49 Å². The predicted molar refractivity (Wildman–Crippen MR) is 46.7 cm³/mol. The minimum atomic E-state index is 0.201. The SMILES string of the molecule is CCN=C(Br)NC(=N)Br. The van der Waals surface area contributed by atoms with Gasteiger partial charge in [0.2, 0.25) is 0 Å². The van der Waals surface area contributed by atoms with Crippen LogP contribution in [0, 0.1) is 5.41 Å². The number of nitrogens with one attached hydrogen (secondary N) is 2. The van der Waals surface area contributed by atoms with Gasteiger partial charge in [-0.2, -0.15) is 0 Å². The van der Waals surface area contributed by atoms with Gasteiger partial charge in [0, 0.05) is 6.54 Å². The van der Waals surface area contributed by atoms with E-state index in [1.165, 1.54) is 0 Å². The maximum Gasteiger partial charge on any atom is 0.171 e. The Kier molecular flexibility index (Phi) is 4.99. The molecule has 0 saturated carbocycles. The van der Waals surface area contributed by atoms with Crippen LogP contribution < -0.4 is 5.32 Å². The lowest BCUT2D eigenvalue weighted by atomic mass is 10.8. The summed E-state index contributed by atoms with van der Waals surface area (Å²) >= 11 is 6.01. The van der Waals surface area contributed by atoms with Crippen molar-refractivity contribution in [3.8, 4) is 0 Å². The first-order chi connectivity index (χ1) is 4.16. The Morgan fingerprint density at radius 3 is 2.56 bits per heavy atom. The van der Waals surface area contributed by atoms with Gasteiger partial charge in [-0.1, -0.05) is 0 Å². The van der Waals surface area contributed by atoms with Crippen molar-refractivity contribution in [2.45, 2.75) is 6.92 Å². The van der Waals surface area contributed by atoms with Crippen LogP contribution in [-0.2, 0) is 0 Å². The third kappa shape index (κ3) is 5.98. The molecule has 0 aromatic heterocycles. The zero-order valence-corrected chi connectivity index (χ0v) is 8.08. The summed E-state index contributed by atoms with van der Waals surface area (Å²) in [5, 5.41) is 9.51. The Morgan fingerprint density at radius 2 is 2.22 bits per heavy atom. The maximum atomic E-state index is 6.90. The second kappa shape index (κ2) is 4.93. The van der Waals surface area contributed by atoms with Crippen molar-refractivity contribution in [1.29, 1.82) is 5.41 Å². The second-order valence-corrected chi connectivity index (χ2v) is 2.75. The van der Waals surface area contributed by atoms with E-state index in [0.717, 1.165) is 0 Å². The van der Waals surface area contributed by atoms with Crippen LogP contribution >= 0.6 is 31.9 Å². The first-order valence-corrected chi connectivity index (χ1v) is 3.96. The van der Waals surface area contributed by atoms with Gasteiger partial charge in [-0.25, -0.2) is 0 Å². The molecule has 3 nitrogen and oxygen atoms in total. The van der Waals surface area contributed by atoms with Crippen molar-refractivity contribution in [2.75, 3.05) is 6.54 Å². The first-order valence-electron chi connectivity index (χ1n) is 2.37. The molecular formula is C4H7Br2N3. The van der Waals surface area contributed by atoms with Gasteiger partial charge >= 0.3 is 0 Å². The Bertz CT molecular complexity index is 132. The Morgan fingerprint density at radius 1 is 1.67 bits per heavy atom. The summed E-state index contributed by atoms with van der Waals surface area (Å²) < 4.78 is 0.776. The number of hydrogen-bond acceptors (Lipinski definition) is 2. The number of amidine groups is 2. The maximum absolute atomic E-state index is 6.90. The normalized spacial score (nSPS) is 11.2. The molecule has 0 amide bonds. The Labute approximate surface area is 70.7 Å². The second-order valence-electron chi connectivity index (χ2n) is 1.20. The lowest BCUT2D eigenvalue weighted by Crippen LogP contribution is -2.20. The molecule has 0 aliphatic heterocycles. The Balaban J connectivity index is 3.62. The molecule has 0 aliphatic rings. The van der Waals surface area contributed by atoms with E-state index in [2.05, 4.69) is 42.2 Å². The van der Waals surface area contributed by atoms with Crippen LogP contribution in [-0.4, -0.2) is 16.0 Å². The highest BCUT2D eigenvalue weighted by Crippen LogP contribution is 1.88. The molecule has 2 N–H and O–H groups in total. The van der Waals surface area contributed by atoms with Crippen molar-refractivity contribution in [3.05, 3.63) is 0 Å². The van der Waals surface area contributed by atoms with E-state index in [4.69, 9.17) is 5.41 Å². The summed E-state index contributed by atoms with van der Waals surface area (Å²) in [6.45, 7) is 2.62. The zero-order valence-electron chi connectivity index (χ0n) is 4.91. The summed E-state index contributed by atoms with van der Waals surface area (Å²) in [6.07, 6.45) is 0. The molecule has 0 heterocycles. The molecule has 0 atom stereocenters. The highest BCUT2D eigenvalue weighted by molar-refractivity contribution is 9.19. The number of aliphatic imine (C=N–C) groups is 1. The molecule has 0 unspecified atom stereocenters. The molecule has 0 radical (unpaired) electrons. The van der Waals surface area contributed by atoms with Crippen LogP contribution in [0.15, 0.2) is 4.99 Å². The van der Waals surface area contributed by atoms with Gasteiger partial charge in [-0.15, -0.1) is 0 Å². The molecule has 0 bridgehead atoms. The fourth-order valence-electron chi connectivity index (χ4n) is 0.269. The number of rotatable bonds is 1. The van der Waals surface area contributed by atoms with E-state index >= 15 is 0 Å². The number of halogens is 2. The molecular weight excluding hydrogens is 250 g/mol. The molecule has 9 heavy (non-hydrogen) atoms. The smallest absolute Gasteiger partial charge is 0.171 e. The van der Waals surface area contributed by atoms with Crippen LogP contribution in [0.3, 0.4) is 0 Å². The van der Waals surface area contributed by atoms with Gasteiger partial charge in [-0.05, 0) is 38.8 Å². The van der Waals surface area contributed by atoms with Gasteiger partial charge < -0.3 is 5.32 Å². The van der Waals surface area contributed by atoms with E-state index in [9.17, 15) is 0 Å². The molecule has 0 aromatic rings. The number of nitrogens with zero attached hydrogens (tertiary/aromatic N) is 1. The van der Waals surface area contributed by atoms with Gasteiger partial charge in [0.25, 0.3) is 0 Å². The predicted octanol–water partition coefficient (Wildman–Crippen LogP) is 1.68. The minimum absolute atomic E-state index is 0.201. The average Bonchev–Trinajstić information content (AvgIpc) is 1.63. The van der Waals surface area contributed by atoms with Crippen molar-refractivity contribution >= 4 is 41.3 Å². The van der Waals surface area contributed by atoms with Crippen LogP contribution in [0.5, 0.6) is 0 Å². The fourth-order valence-corrected chi connectivity index (χ4v) is 1.17. The molecule has 0 rings (SSSR count). The molecule has 0 fully saturated rings. The topological polar surface area (TPSA) is 48.2 Å². The quantitative estimate of drug-likeness (QED) is 0.419. The molecule has 0 spiro atoms. The highest BCUT2D eigenvalue weighted by atomic mass is 79.9. The third-order valence-electron chi connectivity index (χ3n) is 0.510. The standard InChI is InChI=1S/C4H7Br2N3/c1-2-8-4(6)9-3(5)7/h2H2,1H3,(H2,7,8,9).